The third kappa shape index (κ3) is 4.47. The smallest absolute Gasteiger partial charge is 0.166 e. The van der Waals surface area contributed by atoms with Crippen LogP contribution >= 0.6 is 0 Å². The fourth-order valence-electron chi connectivity index (χ4n) is 3.80. The Kier molecular flexibility index (Phi) is 6.72. The second-order valence-electron chi connectivity index (χ2n) is 7.67. The van der Waals surface area contributed by atoms with Crippen LogP contribution in [0.5, 0.6) is 0 Å². The van der Waals surface area contributed by atoms with Crippen molar-refractivity contribution in [2.45, 2.75) is 25.0 Å². The maximum absolute atomic E-state index is 14.9. The summed E-state index contributed by atoms with van der Waals surface area (Å²) >= 11 is 0. The third-order valence-electron chi connectivity index (χ3n) is 5.58. The van der Waals surface area contributed by atoms with E-state index in [1.807, 2.05) is 0 Å². The summed E-state index contributed by atoms with van der Waals surface area (Å²) < 4.78 is 68.5. The van der Waals surface area contributed by atoms with Gasteiger partial charge in [0.2, 0.25) is 0 Å². The molecule has 1 saturated heterocycles. The minimum atomic E-state index is -0.971. The first-order valence-electron chi connectivity index (χ1n) is 10.4. The lowest BCUT2D eigenvalue weighted by Crippen LogP contribution is -2.31. The van der Waals surface area contributed by atoms with Gasteiger partial charge in [-0.15, -0.1) is 6.58 Å². The molecule has 0 atom stereocenters. The van der Waals surface area contributed by atoms with Gasteiger partial charge in [-0.1, -0.05) is 54.6 Å². The second-order valence-corrected chi connectivity index (χ2v) is 7.67. The molecule has 6 heteroatoms. The number of allylic oxidation sites excluding steroid dienone is 1. The zero-order valence-corrected chi connectivity index (χ0v) is 17.3. The van der Waals surface area contributed by atoms with Crippen molar-refractivity contribution in [1.29, 1.82) is 0 Å². The average Bonchev–Trinajstić information content (AvgIpc) is 2.82. The highest BCUT2D eigenvalue weighted by Crippen LogP contribution is 2.33. The van der Waals surface area contributed by atoms with E-state index in [0.717, 1.165) is 12.5 Å². The lowest BCUT2D eigenvalue weighted by Gasteiger charge is -2.30. The molecule has 3 aromatic carbocycles. The molecule has 0 amide bonds. The van der Waals surface area contributed by atoms with Crippen LogP contribution in [0.1, 0.15) is 24.3 Å². The summed E-state index contributed by atoms with van der Waals surface area (Å²) in [6, 6.07) is 13.1. The zero-order valence-electron chi connectivity index (χ0n) is 17.3. The molecule has 0 N–H and O–H groups in total. The average molecular weight is 442 g/mol. The molecule has 3 aromatic rings. The van der Waals surface area contributed by atoms with E-state index in [-0.39, 0.29) is 36.2 Å². The van der Waals surface area contributed by atoms with Crippen LogP contribution in [0.4, 0.5) is 17.6 Å². The molecule has 1 aliphatic rings. The van der Waals surface area contributed by atoms with Crippen molar-refractivity contribution in [3.8, 4) is 22.3 Å². The Hall–Kier alpha value is -2.96. The first-order valence-corrected chi connectivity index (χ1v) is 10.4. The molecular weight excluding hydrogens is 420 g/mol. The highest BCUT2D eigenvalue weighted by atomic mass is 19.2. The predicted octanol–water partition coefficient (Wildman–Crippen LogP) is 7.00. The standard InChI is InChI=1S/C26H22F4O2/c1-2-3-7-23-31-14-18(15-32-23)21-13-12-20(25(29)26(21)30)17-10-8-16(9-11-17)19-5-4-6-22(27)24(19)28/h2,4-6,8-13,18,23H,1,3,7,14-15H2. The van der Waals surface area contributed by atoms with Crippen LogP contribution in [0, 0.1) is 23.3 Å². The van der Waals surface area contributed by atoms with Crippen molar-refractivity contribution >= 4 is 0 Å². The van der Waals surface area contributed by atoms with Crippen LogP contribution in [0.2, 0.25) is 0 Å². The molecule has 0 saturated carbocycles. The topological polar surface area (TPSA) is 18.5 Å². The second kappa shape index (κ2) is 9.67. The number of hydrogen-bond donors (Lipinski definition) is 0. The van der Waals surface area contributed by atoms with Gasteiger partial charge in [-0.2, -0.15) is 0 Å². The van der Waals surface area contributed by atoms with Crippen molar-refractivity contribution in [3.05, 3.63) is 96.1 Å². The normalized spacial score (nSPS) is 18.5. The zero-order chi connectivity index (χ0) is 22.7. The van der Waals surface area contributed by atoms with E-state index in [4.69, 9.17) is 9.47 Å². The molecule has 0 aliphatic carbocycles. The SMILES string of the molecule is C=CCCC1OCC(c2ccc(-c3ccc(-c4cccc(F)c4F)cc3)c(F)c2F)CO1. The van der Waals surface area contributed by atoms with E-state index in [2.05, 4.69) is 6.58 Å². The number of hydrogen-bond acceptors (Lipinski definition) is 2. The molecule has 0 bridgehead atoms. The predicted molar refractivity (Wildman–Crippen MR) is 115 cm³/mol. The van der Waals surface area contributed by atoms with Gasteiger partial charge in [0, 0.05) is 23.5 Å². The fourth-order valence-corrected chi connectivity index (χ4v) is 3.80. The summed E-state index contributed by atoms with van der Waals surface area (Å²) in [5, 5.41) is 0. The van der Waals surface area contributed by atoms with Crippen molar-refractivity contribution in [1.82, 2.24) is 0 Å². The van der Waals surface area contributed by atoms with Crippen LogP contribution in [0.25, 0.3) is 22.3 Å². The quantitative estimate of drug-likeness (QED) is 0.302. The van der Waals surface area contributed by atoms with Crippen molar-refractivity contribution in [2.24, 2.45) is 0 Å². The lowest BCUT2D eigenvalue weighted by molar-refractivity contribution is -0.189. The molecule has 4 rings (SSSR count). The molecule has 1 heterocycles. The maximum atomic E-state index is 14.9. The Labute approximate surface area is 184 Å². The Morgan fingerprint density at radius 1 is 0.781 bits per heavy atom. The minimum Gasteiger partial charge on any atom is -0.352 e. The summed E-state index contributed by atoms with van der Waals surface area (Å²) in [7, 11) is 0. The molecule has 1 fully saturated rings. The monoisotopic (exact) mass is 442 g/mol. The molecule has 0 spiro atoms. The van der Waals surface area contributed by atoms with E-state index in [0.29, 0.717) is 17.5 Å². The minimum absolute atomic E-state index is 0.0824. The summed E-state index contributed by atoms with van der Waals surface area (Å²) in [6.45, 7) is 4.14. The number of ether oxygens (including phenoxy) is 2. The van der Waals surface area contributed by atoms with Gasteiger partial charge < -0.3 is 9.47 Å². The van der Waals surface area contributed by atoms with Crippen LogP contribution < -0.4 is 0 Å². The summed E-state index contributed by atoms with van der Waals surface area (Å²) in [5.74, 6) is -4.22. The first-order chi connectivity index (χ1) is 15.5. The molecule has 2 nitrogen and oxygen atoms in total. The van der Waals surface area contributed by atoms with Crippen molar-refractivity contribution in [3.63, 3.8) is 0 Å². The van der Waals surface area contributed by atoms with E-state index < -0.39 is 29.2 Å². The van der Waals surface area contributed by atoms with Gasteiger partial charge in [0.1, 0.15) is 0 Å². The van der Waals surface area contributed by atoms with Crippen molar-refractivity contribution < 1.29 is 27.0 Å². The highest BCUT2D eigenvalue weighted by Gasteiger charge is 2.27. The van der Waals surface area contributed by atoms with Gasteiger partial charge in [-0.3, -0.25) is 0 Å². The van der Waals surface area contributed by atoms with Gasteiger partial charge in [-0.25, -0.2) is 17.6 Å². The summed E-state index contributed by atoms with van der Waals surface area (Å²) in [5.41, 5.74) is 1.24. The van der Waals surface area contributed by atoms with Crippen LogP contribution in [-0.4, -0.2) is 19.5 Å². The molecule has 0 aromatic heterocycles. The number of halogens is 4. The van der Waals surface area contributed by atoms with Gasteiger partial charge in [-0.05, 0) is 29.2 Å². The van der Waals surface area contributed by atoms with Crippen LogP contribution in [0.3, 0.4) is 0 Å². The Balaban J connectivity index is 1.54. The van der Waals surface area contributed by atoms with Gasteiger partial charge in [0.25, 0.3) is 0 Å². The lowest BCUT2D eigenvalue weighted by atomic mass is 9.94. The van der Waals surface area contributed by atoms with Gasteiger partial charge in [0.05, 0.1) is 13.2 Å². The molecule has 1 aliphatic heterocycles. The molecular formula is C26H22F4O2. The molecule has 0 radical (unpaired) electrons. The molecule has 32 heavy (non-hydrogen) atoms. The maximum Gasteiger partial charge on any atom is 0.166 e. The van der Waals surface area contributed by atoms with Gasteiger partial charge >= 0.3 is 0 Å². The van der Waals surface area contributed by atoms with Crippen molar-refractivity contribution in [2.75, 3.05) is 13.2 Å². The van der Waals surface area contributed by atoms with Gasteiger partial charge in [0.15, 0.2) is 29.6 Å². The molecule has 0 unspecified atom stereocenters. The first kappa shape index (κ1) is 22.2. The number of rotatable bonds is 6. The van der Waals surface area contributed by atoms with E-state index >= 15 is 0 Å². The largest absolute Gasteiger partial charge is 0.352 e. The Morgan fingerprint density at radius 2 is 1.41 bits per heavy atom. The van der Waals surface area contributed by atoms with E-state index in [1.54, 1.807) is 30.3 Å². The van der Waals surface area contributed by atoms with Crippen LogP contribution in [0.15, 0.2) is 67.3 Å². The fraction of sp³-hybridized carbons (Fsp3) is 0.231. The molecule has 166 valence electrons. The van der Waals surface area contributed by atoms with Crippen LogP contribution in [-0.2, 0) is 9.47 Å². The highest BCUT2D eigenvalue weighted by molar-refractivity contribution is 5.71. The number of benzene rings is 3. The Morgan fingerprint density at radius 3 is 2.03 bits per heavy atom. The third-order valence-corrected chi connectivity index (χ3v) is 5.58. The summed E-state index contributed by atoms with van der Waals surface area (Å²) in [6.07, 6.45) is 2.82. The van der Waals surface area contributed by atoms with E-state index in [1.165, 1.54) is 24.3 Å². The van der Waals surface area contributed by atoms with E-state index in [9.17, 15) is 17.6 Å². The Bertz CT molecular complexity index is 1100. The summed E-state index contributed by atoms with van der Waals surface area (Å²) in [4.78, 5) is 0.